The first-order valence-corrected chi connectivity index (χ1v) is 7.95. The fourth-order valence-corrected chi connectivity index (χ4v) is 3.77. The van der Waals surface area contributed by atoms with Gasteiger partial charge in [0, 0.05) is 24.2 Å². The van der Waals surface area contributed by atoms with E-state index in [0.29, 0.717) is 11.1 Å². The average Bonchev–Trinajstić information content (AvgIpc) is 2.37. The highest BCUT2D eigenvalue weighted by molar-refractivity contribution is 7.89. The summed E-state index contributed by atoms with van der Waals surface area (Å²) in [6.45, 7) is 6.21. The van der Waals surface area contributed by atoms with Crippen molar-refractivity contribution in [3.05, 3.63) is 33.4 Å². The van der Waals surface area contributed by atoms with Gasteiger partial charge in [-0.05, 0) is 39.3 Å². The van der Waals surface area contributed by atoms with Crippen LogP contribution >= 0.6 is 0 Å². The number of hydrogen-bond acceptors (Lipinski definition) is 5. The lowest BCUT2D eigenvalue weighted by Gasteiger charge is -2.25. The summed E-state index contributed by atoms with van der Waals surface area (Å²) in [6.07, 6.45) is 0. The van der Waals surface area contributed by atoms with Crippen LogP contribution < -0.4 is 0 Å². The van der Waals surface area contributed by atoms with Crippen LogP contribution in [0.4, 0.5) is 5.69 Å². The van der Waals surface area contributed by atoms with Gasteiger partial charge in [0.25, 0.3) is 5.69 Å². The zero-order chi connectivity index (χ0) is 16.4. The summed E-state index contributed by atoms with van der Waals surface area (Å²) in [4.78, 5) is 10.3. The molecule has 0 atom stereocenters. The number of hydrogen-bond donors (Lipinski definition) is 1. The fraction of sp³-hybridized carbons (Fsp3) is 0.538. The van der Waals surface area contributed by atoms with E-state index in [-0.39, 0.29) is 29.8 Å². The Hall–Kier alpha value is -1.51. The minimum atomic E-state index is -3.89. The van der Waals surface area contributed by atoms with E-state index < -0.39 is 14.9 Å². The Morgan fingerprint density at radius 2 is 1.90 bits per heavy atom. The Kier molecular flexibility index (Phi) is 5.43. The van der Waals surface area contributed by atoms with Crippen molar-refractivity contribution in [2.24, 2.45) is 0 Å². The number of sulfonamides is 1. The molecule has 0 aromatic heterocycles. The first kappa shape index (κ1) is 17.5. The molecule has 0 spiro atoms. The molecule has 1 rings (SSSR count). The molecule has 0 unspecified atom stereocenters. The van der Waals surface area contributed by atoms with Crippen LogP contribution in [0, 0.1) is 24.0 Å². The number of nitrogens with zero attached hydrogens (tertiary/aromatic N) is 2. The van der Waals surface area contributed by atoms with Crippen molar-refractivity contribution in [1.29, 1.82) is 0 Å². The van der Waals surface area contributed by atoms with Crippen LogP contribution in [-0.2, 0) is 10.0 Å². The predicted octanol–water partition coefficient (Wildman–Crippen LogP) is 1.60. The van der Waals surface area contributed by atoms with Gasteiger partial charge in [-0.25, -0.2) is 8.42 Å². The third-order valence-corrected chi connectivity index (χ3v) is 5.37. The molecule has 8 heteroatoms. The average molecular weight is 316 g/mol. The number of aryl methyl sites for hydroxylation is 1. The molecule has 1 N–H and O–H groups in total. The Labute approximate surface area is 124 Å². The van der Waals surface area contributed by atoms with Gasteiger partial charge in [0.1, 0.15) is 0 Å². The maximum Gasteiger partial charge on any atom is 0.273 e. The van der Waals surface area contributed by atoms with Crippen LogP contribution in [0.5, 0.6) is 0 Å². The van der Waals surface area contributed by atoms with E-state index in [4.69, 9.17) is 5.11 Å². The van der Waals surface area contributed by atoms with Gasteiger partial charge in [0.15, 0.2) is 0 Å². The van der Waals surface area contributed by atoms with Crippen LogP contribution in [0.2, 0.25) is 0 Å². The topological polar surface area (TPSA) is 101 Å². The molecule has 0 bridgehead atoms. The van der Waals surface area contributed by atoms with Gasteiger partial charge in [-0.1, -0.05) is 0 Å². The number of aliphatic hydroxyl groups is 1. The molecule has 0 saturated heterocycles. The van der Waals surface area contributed by atoms with E-state index in [1.165, 1.54) is 6.07 Å². The van der Waals surface area contributed by atoms with Crippen molar-refractivity contribution in [2.75, 3.05) is 13.2 Å². The number of nitro groups is 1. The number of benzene rings is 1. The van der Waals surface area contributed by atoms with Crippen LogP contribution in [-0.4, -0.2) is 41.9 Å². The second kappa shape index (κ2) is 6.50. The standard InChI is InChI=1S/C13H20N2O5S/c1-9(2)14(5-6-16)21(19,20)12-7-10(3)11(4)13(8-12)15(17)18/h7-9,16H,5-6H2,1-4H3. The second-order valence-electron chi connectivity index (χ2n) is 5.07. The lowest BCUT2D eigenvalue weighted by molar-refractivity contribution is -0.385. The van der Waals surface area contributed by atoms with Crippen molar-refractivity contribution in [2.45, 2.75) is 38.6 Å². The SMILES string of the molecule is Cc1cc(S(=O)(=O)N(CCO)C(C)C)cc([N+](=O)[O-])c1C. The fourth-order valence-electron chi connectivity index (χ4n) is 2.04. The molecule has 0 aliphatic rings. The molecule has 0 heterocycles. The third kappa shape index (κ3) is 3.58. The van der Waals surface area contributed by atoms with Crippen molar-refractivity contribution in [3.8, 4) is 0 Å². The van der Waals surface area contributed by atoms with Crippen LogP contribution in [0.25, 0.3) is 0 Å². The van der Waals surface area contributed by atoms with Crippen molar-refractivity contribution in [1.82, 2.24) is 4.31 Å². The summed E-state index contributed by atoms with van der Waals surface area (Å²) < 4.78 is 26.3. The summed E-state index contributed by atoms with van der Waals surface area (Å²) >= 11 is 0. The molecule has 0 fully saturated rings. The van der Waals surface area contributed by atoms with Gasteiger partial charge >= 0.3 is 0 Å². The van der Waals surface area contributed by atoms with E-state index >= 15 is 0 Å². The van der Waals surface area contributed by atoms with Gasteiger partial charge in [0.2, 0.25) is 10.0 Å². The largest absolute Gasteiger partial charge is 0.395 e. The molecule has 0 aliphatic heterocycles. The summed E-state index contributed by atoms with van der Waals surface area (Å²) in [5.74, 6) is 0. The van der Waals surface area contributed by atoms with E-state index in [2.05, 4.69) is 0 Å². The first-order chi connectivity index (χ1) is 9.62. The minimum Gasteiger partial charge on any atom is -0.395 e. The zero-order valence-electron chi connectivity index (χ0n) is 12.5. The lowest BCUT2D eigenvalue weighted by Crippen LogP contribution is -2.39. The molecule has 1 aromatic carbocycles. The monoisotopic (exact) mass is 316 g/mol. The van der Waals surface area contributed by atoms with E-state index in [9.17, 15) is 18.5 Å². The number of aliphatic hydroxyl groups excluding tert-OH is 1. The van der Waals surface area contributed by atoms with E-state index in [1.54, 1.807) is 27.7 Å². The maximum absolute atomic E-state index is 12.6. The highest BCUT2D eigenvalue weighted by atomic mass is 32.2. The van der Waals surface area contributed by atoms with E-state index in [1.807, 2.05) is 0 Å². The molecule has 118 valence electrons. The van der Waals surface area contributed by atoms with Gasteiger partial charge in [-0.15, -0.1) is 0 Å². The Morgan fingerprint density at radius 1 is 1.33 bits per heavy atom. The molecule has 7 nitrogen and oxygen atoms in total. The van der Waals surface area contributed by atoms with Gasteiger partial charge in [-0.3, -0.25) is 10.1 Å². The third-order valence-electron chi connectivity index (χ3n) is 3.31. The summed E-state index contributed by atoms with van der Waals surface area (Å²) in [5.41, 5.74) is 0.758. The molecule has 1 aromatic rings. The highest BCUT2D eigenvalue weighted by Crippen LogP contribution is 2.28. The first-order valence-electron chi connectivity index (χ1n) is 6.51. The Morgan fingerprint density at radius 3 is 2.33 bits per heavy atom. The number of nitro benzene ring substituents is 1. The molecule has 21 heavy (non-hydrogen) atoms. The van der Waals surface area contributed by atoms with Crippen LogP contribution in [0.1, 0.15) is 25.0 Å². The van der Waals surface area contributed by atoms with Crippen LogP contribution in [0.3, 0.4) is 0 Å². The van der Waals surface area contributed by atoms with Gasteiger partial charge < -0.3 is 5.11 Å². The summed E-state index contributed by atoms with van der Waals surface area (Å²) in [5, 5.41) is 20.1. The molecular weight excluding hydrogens is 296 g/mol. The van der Waals surface area contributed by atoms with Crippen LogP contribution in [0.15, 0.2) is 17.0 Å². The minimum absolute atomic E-state index is 0.0548. The Balaban J connectivity index is 3.47. The van der Waals surface area contributed by atoms with Gasteiger partial charge in [-0.2, -0.15) is 4.31 Å². The van der Waals surface area contributed by atoms with Gasteiger partial charge in [0.05, 0.1) is 16.4 Å². The van der Waals surface area contributed by atoms with Crippen molar-refractivity contribution < 1.29 is 18.4 Å². The summed E-state index contributed by atoms with van der Waals surface area (Å²) in [7, 11) is -3.89. The molecule has 0 aliphatic carbocycles. The Bertz CT molecular complexity index is 640. The predicted molar refractivity (Wildman–Crippen MR) is 78.7 cm³/mol. The molecule has 0 amide bonds. The quantitative estimate of drug-likeness (QED) is 0.634. The molecular formula is C13H20N2O5S. The summed E-state index contributed by atoms with van der Waals surface area (Å²) in [6, 6.07) is 2.14. The smallest absolute Gasteiger partial charge is 0.273 e. The van der Waals surface area contributed by atoms with E-state index in [0.717, 1.165) is 10.4 Å². The maximum atomic E-state index is 12.6. The number of rotatable bonds is 6. The normalized spacial score (nSPS) is 12.1. The van der Waals surface area contributed by atoms with Crippen molar-refractivity contribution in [3.63, 3.8) is 0 Å². The molecule has 0 saturated carbocycles. The molecule has 0 radical (unpaired) electrons. The lowest BCUT2D eigenvalue weighted by atomic mass is 10.1. The second-order valence-corrected chi connectivity index (χ2v) is 6.97. The highest BCUT2D eigenvalue weighted by Gasteiger charge is 2.29. The zero-order valence-corrected chi connectivity index (χ0v) is 13.3. The van der Waals surface area contributed by atoms with Crippen molar-refractivity contribution >= 4 is 15.7 Å².